The van der Waals surface area contributed by atoms with Crippen molar-refractivity contribution in [1.29, 1.82) is 0 Å². The van der Waals surface area contributed by atoms with Crippen LogP contribution in [-0.2, 0) is 4.79 Å². The first-order valence-electron chi connectivity index (χ1n) is 12.1. The highest BCUT2D eigenvalue weighted by Crippen LogP contribution is 2.34. The third-order valence-corrected chi connectivity index (χ3v) is 8.36. The van der Waals surface area contributed by atoms with Crippen LogP contribution in [0, 0.1) is 11.8 Å². The number of nitrogens with one attached hydrogen (secondary N) is 1. The number of hydrogen-bond donors (Lipinski definition) is 1. The van der Waals surface area contributed by atoms with Crippen molar-refractivity contribution in [2.24, 2.45) is 11.8 Å². The highest BCUT2D eigenvalue weighted by Gasteiger charge is 2.23. The van der Waals surface area contributed by atoms with Crippen molar-refractivity contribution in [3.8, 4) is 0 Å². The monoisotopic (exact) mass is 438 g/mol. The molecule has 31 heavy (non-hydrogen) atoms. The fourth-order valence-electron chi connectivity index (χ4n) is 5.42. The summed E-state index contributed by atoms with van der Waals surface area (Å²) >= 11 is 1.53. The lowest BCUT2D eigenvalue weighted by molar-refractivity contribution is -0.117. The summed E-state index contributed by atoms with van der Waals surface area (Å²) in [5.74, 6) is 1.64. The number of carbonyl (C=O) groups is 1. The fourth-order valence-corrected chi connectivity index (χ4v) is 6.42. The summed E-state index contributed by atoms with van der Waals surface area (Å²) in [6, 6.07) is 6.04. The number of rotatable bonds is 7. The molecular weight excluding hydrogens is 404 g/mol. The zero-order valence-corrected chi connectivity index (χ0v) is 19.2. The summed E-state index contributed by atoms with van der Waals surface area (Å²) in [7, 11) is 0. The van der Waals surface area contributed by atoms with Crippen molar-refractivity contribution < 1.29 is 4.79 Å². The van der Waals surface area contributed by atoms with Gasteiger partial charge >= 0.3 is 0 Å². The molecule has 1 N–H and O–H groups in total. The second kappa shape index (κ2) is 9.78. The number of likely N-dealkylation sites (tertiary alicyclic amines) is 1. The predicted octanol–water partition coefficient (Wildman–Crippen LogP) is 4.97. The van der Waals surface area contributed by atoms with Crippen LogP contribution >= 0.6 is 11.8 Å². The molecule has 5 nitrogen and oxygen atoms in total. The number of hydrogen-bond acceptors (Lipinski definition) is 4. The van der Waals surface area contributed by atoms with Crippen molar-refractivity contribution in [1.82, 2.24) is 19.6 Å². The normalized spacial score (nSPS) is 20.7. The number of pyridine rings is 1. The average Bonchev–Trinajstić information content (AvgIpc) is 3.23. The molecule has 1 saturated heterocycles. The highest BCUT2D eigenvalue weighted by molar-refractivity contribution is 8.04. The van der Waals surface area contributed by atoms with Gasteiger partial charge in [0.05, 0.1) is 21.8 Å². The summed E-state index contributed by atoms with van der Waals surface area (Å²) < 4.78 is 2.10. The van der Waals surface area contributed by atoms with Gasteiger partial charge in [-0.15, -0.1) is 0 Å². The lowest BCUT2D eigenvalue weighted by atomic mass is 9.86. The molecule has 4 heterocycles. The maximum Gasteiger partial charge on any atom is 0.258 e. The van der Waals surface area contributed by atoms with Gasteiger partial charge < -0.3 is 10.2 Å². The van der Waals surface area contributed by atoms with Gasteiger partial charge in [0.15, 0.2) is 0 Å². The van der Waals surface area contributed by atoms with Gasteiger partial charge in [-0.05, 0) is 75.4 Å². The molecule has 2 aromatic rings. The molecule has 2 aliphatic heterocycles. The smallest absolute Gasteiger partial charge is 0.258 e. The Hall–Kier alpha value is -1.79. The van der Waals surface area contributed by atoms with Crippen LogP contribution in [0.2, 0.25) is 0 Å². The van der Waals surface area contributed by atoms with Gasteiger partial charge in [-0.1, -0.05) is 49.9 Å². The van der Waals surface area contributed by atoms with E-state index in [1.165, 1.54) is 89.2 Å². The van der Waals surface area contributed by atoms with E-state index < -0.39 is 0 Å². The Labute approximate surface area is 189 Å². The fraction of sp³-hybridized carbons (Fsp3) is 0.600. The van der Waals surface area contributed by atoms with Crippen LogP contribution < -0.4 is 5.32 Å². The second-order valence-electron chi connectivity index (χ2n) is 9.49. The molecule has 0 unspecified atom stereocenters. The average molecular weight is 439 g/mol. The maximum absolute atomic E-state index is 12.8. The first-order chi connectivity index (χ1) is 15.3. The van der Waals surface area contributed by atoms with E-state index in [1.807, 2.05) is 30.5 Å². The Balaban J connectivity index is 1.04. The van der Waals surface area contributed by atoms with E-state index in [-0.39, 0.29) is 5.91 Å². The zero-order chi connectivity index (χ0) is 21.0. The lowest BCUT2D eigenvalue weighted by Gasteiger charge is -2.32. The quantitative estimate of drug-likeness (QED) is 0.663. The van der Waals surface area contributed by atoms with Crippen LogP contribution in [-0.4, -0.2) is 46.4 Å². The van der Waals surface area contributed by atoms with Gasteiger partial charge in [-0.2, -0.15) is 0 Å². The Morgan fingerprint density at radius 2 is 1.94 bits per heavy atom. The van der Waals surface area contributed by atoms with Gasteiger partial charge in [0.2, 0.25) is 0 Å². The minimum atomic E-state index is 0.0457. The van der Waals surface area contributed by atoms with E-state index in [9.17, 15) is 4.79 Å². The topological polar surface area (TPSA) is 49.6 Å². The van der Waals surface area contributed by atoms with E-state index in [2.05, 4.69) is 19.6 Å². The number of nitrogens with zero attached hydrogens (tertiary/aromatic N) is 3. The van der Waals surface area contributed by atoms with Crippen molar-refractivity contribution in [2.75, 3.05) is 26.2 Å². The molecule has 2 aromatic heterocycles. The van der Waals surface area contributed by atoms with Crippen LogP contribution in [0.25, 0.3) is 11.7 Å². The Kier molecular flexibility index (Phi) is 6.65. The SMILES string of the molecule is O=C(NCC1CCN(CCCC2CCCCC2)CC1)C1=Cc2cnc3cccc(n23)S1. The third-order valence-electron chi connectivity index (χ3n) is 7.31. The van der Waals surface area contributed by atoms with Gasteiger partial charge in [0, 0.05) is 6.54 Å². The van der Waals surface area contributed by atoms with Crippen molar-refractivity contribution in [2.45, 2.75) is 62.8 Å². The van der Waals surface area contributed by atoms with E-state index in [0.717, 1.165) is 33.7 Å². The molecule has 1 saturated carbocycles. The molecule has 6 heteroatoms. The Bertz CT molecular complexity index is 938. The molecule has 0 bridgehead atoms. The standard InChI is InChI=1S/C25H34N4OS/c30-25(22-16-21-18-26-23-9-4-10-24(31-22)29(21)23)27-17-20-11-14-28(15-12-20)13-5-8-19-6-2-1-3-7-19/h4,9-10,16,18-20H,1-3,5-8,11-15,17H2,(H,27,30). The molecular formula is C25H34N4OS. The van der Waals surface area contributed by atoms with Gasteiger partial charge in [0.25, 0.3) is 5.91 Å². The van der Waals surface area contributed by atoms with E-state index in [1.54, 1.807) is 0 Å². The van der Waals surface area contributed by atoms with Gasteiger partial charge in [-0.25, -0.2) is 4.98 Å². The largest absolute Gasteiger partial charge is 0.351 e. The number of amides is 1. The molecule has 0 aromatic carbocycles. The predicted molar refractivity (Wildman–Crippen MR) is 127 cm³/mol. The minimum absolute atomic E-state index is 0.0457. The highest BCUT2D eigenvalue weighted by atomic mass is 32.2. The zero-order valence-electron chi connectivity index (χ0n) is 18.4. The molecule has 0 atom stereocenters. The number of aromatic nitrogens is 2. The first kappa shape index (κ1) is 21.1. The summed E-state index contributed by atoms with van der Waals surface area (Å²) in [5, 5.41) is 4.26. The molecule has 5 rings (SSSR count). The van der Waals surface area contributed by atoms with Gasteiger partial charge in [-0.3, -0.25) is 9.20 Å². The van der Waals surface area contributed by atoms with Crippen LogP contribution in [0.5, 0.6) is 0 Å². The van der Waals surface area contributed by atoms with Crippen molar-refractivity contribution in [3.63, 3.8) is 0 Å². The molecule has 3 aliphatic rings. The number of thioether (sulfide) groups is 1. The Morgan fingerprint density at radius 1 is 1.10 bits per heavy atom. The summed E-state index contributed by atoms with van der Waals surface area (Å²) in [5.41, 5.74) is 1.91. The first-order valence-corrected chi connectivity index (χ1v) is 12.9. The maximum atomic E-state index is 12.8. The van der Waals surface area contributed by atoms with E-state index in [4.69, 9.17) is 0 Å². The van der Waals surface area contributed by atoms with E-state index >= 15 is 0 Å². The summed E-state index contributed by atoms with van der Waals surface area (Å²) in [4.78, 5) is 20.6. The molecule has 0 spiro atoms. The van der Waals surface area contributed by atoms with Gasteiger partial charge in [0.1, 0.15) is 5.65 Å². The molecule has 0 radical (unpaired) electrons. The summed E-state index contributed by atoms with van der Waals surface area (Å²) in [6.45, 7) is 4.42. The number of carbonyl (C=O) groups excluding carboxylic acids is 1. The molecule has 1 aliphatic carbocycles. The van der Waals surface area contributed by atoms with Crippen LogP contribution in [0.15, 0.2) is 34.3 Å². The van der Waals surface area contributed by atoms with Crippen molar-refractivity contribution >= 4 is 29.4 Å². The lowest BCUT2D eigenvalue weighted by Crippen LogP contribution is -2.39. The molecule has 1 amide bonds. The second-order valence-corrected chi connectivity index (χ2v) is 10.6. The van der Waals surface area contributed by atoms with E-state index in [0.29, 0.717) is 5.92 Å². The third kappa shape index (κ3) is 5.01. The molecule has 2 fully saturated rings. The number of imidazole rings is 1. The summed E-state index contributed by atoms with van der Waals surface area (Å²) in [6.07, 6.45) is 16.3. The van der Waals surface area contributed by atoms with Crippen LogP contribution in [0.4, 0.5) is 0 Å². The molecule has 166 valence electrons. The van der Waals surface area contributed by atoms with Crippen LogP contribution in [0.1, 0.15) is 63.5 Å². The van der Waals surface area contributed by atoms with Crippen molar-refractivity contribution in [3.05, 3.63) is 35.0 Å². The number of piperidine rings is 1. The minimum Gasteiger partial charge on any atom is -0.351 e. The van der Waals surface area contributed by atoms with Crippen LogP contribution in [0.3, 0.4) is 0 Å². The Morgan fingerprint density at radius 3 is 2.77 bits per heavy atom.